The van der Waals surface area contributed by atoms with Crippen LogP contribution in [-0.2, 0) is 10.0 Å². The zero-order chi connectivity index (χ0) is 15.8. The Morgan fingerprint density at radius 3 is 2.48 bits per heavy atom. The molecule has 112 valence electrons. The van der Waals surface area contributed by atoms with E-state index in [1.54, 1.807) is 6.92 Å². The number of sulfonamides is 1. The second kappa shape index (κ2) is 6.03. The summed E-state index contributed by atoms with van der Waals surface area (Å²) < 4.78 is 28.1. The van der Waals surface area contributed by atoms with Crippen molar-refractivity contribution in [1.82, 2.24) is 0 Å². The van der Waals surface area contributed by atoms with E-state index in [0.29, 0.717) is 13.1 Å². The normalized spacial score (nSPS) is 11.4. The van der Waals surface area contributed by atoms with E-state index in [4.69, 9.17) is 0 Å². The van der Waals surface area contributed by atoms with Crippen LogP contribution in [0.3, 0.4) is 0 Å². The van der Waals surface area contributed by atoms with E-state index < -0.39 is 14.9 Å². The predicted molar refractivity (Wildman–Crippen MR) is 88.4 cm³/mol. The van der Waals surface area contributed by atoms with Crippen molar-refractivity contribution in [2.24, 2.45) is 0 Å². The van der Waals surface area contributed by atoms with Crippen LogP contribution in [0.15, 0.2) is 37.4 Å². The van der Waals surface area contributed by atoms with Crippen molar-refractivity contribution in [2.45, 2.75) is 11.8 Å². The number of hydrogen-bond acceptors (Lipinski definition) is 5. The van der Waals surface area contributed by atoms with E-state index in [9.17, 15) is 18.5 Å². The molecule has 0 aliphatic rings. The van der Waals surface area contributed by atoms with Crippen LogP contribution in [0.4, 0.5) is 11.4 Å². The van der Waals surface area contributed by atoms with E-state index in [0.717, 1.165) is 0 Å². The maximum atomic E-state index is 12.3. The van der Waals surface area contributed by atoms with Gasteiger partial charge >= 0.3 is 0 Å². The summed E-state index contributed by atoms with van der Waals surface area (Å²) in [6.07, 6.45) is 0. The number of rotatable bonds is 4. The van der Waals surface area contributed by atoms with Gasteiger partial charge in [-0.1, -0.05) is 15.9 Å². The smallest absolute Gasteiger partial charge is 0.273 e. The van der Waals surface area contributed by atoms with Gasteiger partial charge < -0.3 is 0 Å². The fourth-order valence-electron chi connectivity index (χ4n) is 1.64. The number of nitro groups is 1. The summed E-state index contributed by atoms with van der Waals surface area (Å²) in [6.45, 7) is 1.67. The Morgan fingerprint density at radius 1 is 1.29 bits per heavy atom. The Bertz CT molecular complexity index is 818. The molecular weight excluding hydrogens is 448 g/mol. The molecule has 10 heteroatoms. The summed E-state index contributed by atoms with van der Waals surface area (Å²) in [6, 6.07) is 5.58. The lowest BCUT2D eigenvalue weighted by atomic mass is 10.3. The molecule has 0 radical (unpaired) electrons. The number of nitro benzene ring substituents is 1. The highest BCUT2D eigenvalue weighted by molar-refractivity contribution is 9.11. The Balaban J connectivity index is 2.47. The largest absolute Gasteiger partial charge is 0.294 e. The van der Waals surface area contributed by atoms with Gasteiger partial charge in [-0.3, -0.25) is 14.8 Å². The summed E-state index contributed by atoms with van der Waals surface area (Å²) >= 11 is 7.61. The molecule has 0 aliphatic heterocycles. The van der Waals surface area contributed by atoms with Gasteiger partial charge in [0.05, 0.1) is 8.71 Å². The van der Waals surface area contributed by atoms with E-state index >= 15 is 0 Å². The second-order valence-electron chi connectivity index (χ2n) is 4.00. The molecule has 0 saturated heterocycles. The van der Waals surface area contributed by atoms with Gasteiger partial charge in [-0.2, -0.15) is 0 Å². The lowest BCUT2D eigenvalue weighted by Gasteiger charge is -2.08. The maximum absolute atomic E-state index is 12.3. The molecule has 0 amide bonds. The third kappa shape index (κ3) is 3.62. The van der Waals surface area contributed by atoms with Gasteiger partial charge in [0.2, 0.25) is 0 Å². The molecule has 0 bridgehead atoms. The van der Waals surface area contributed by atoms with Crippen molar-refractivity contribution >= 4 is 64.6 Å². The van der Waals surface area contributed by atoms with Crippen molar-refractivity contribution < 1.29 is 13.3 Å². The topological polar surface area (TPSA) is 89.3 Å². The molecule has 21 heavy (non-hydrogen) atoms. The Hall–Kier alpha value is -0.970. The number of anilines is 1. The molecule has 2 rings (SSSR count). The average Bonchev–Trinajstić information content (AvgIpc) is 2.71. The fraction of sp³-hybridized carbons (Fsp3) is 0.0909. The molecule has 0 aliphatic carbocycles. The highest BCUT2D eigenvalue weighted by Crippen LogP contribution is 2.33. The van der Waals surface area contributed by atoms with Crippen LogP contribution in [0.5, 0.6) is 0 Å². The zero-order valence-electron chi connectivity index (χ0n) is 10.5. The number of aryl methyl sites for hydroxylation is 1. The number of benzene rings is 1. The minimum absolute atomic E-state index is 0.0788. The number of nitrogens with one attached hydrogen (secondary N) is 1. The summed E-state index contributed by atoms with van der Waals surface area (Å²) in [7, 11) is -3.88. The zero-order valence-corrected chi connectivity index (χ0v) is 15.3. The molecule has 2 aromatic rings. The van der Waals surface area contributed by atoms with Gasteiger partial charge in [0.1, 0.15) is 10.6 Å². The molecule has 1 aromatic heterocycles. The Kier molecular flexibility index (Phi) is 4.71. The molecular formula is C11H8Br2N2O4S2. The molecule has 0 atom stereocenters. The molecule has 0 spiro atoms. The highest BCUT2D eigenvalue weighted by atomic mass is 79.9. The molecule has 0 saturated carbocycles. The maximum Gasteiger partial charge on any atom is 0.294 e. The summed E-state index contributed by atoms with van der Waals surface area (Å²) in [4.78, 5) is 11.1. The van der Waals surface area contributed by atoms with Gasteiger partial charge in [-0.25, -0.2) is 8.42 Å². The minimum Gasteiger partial charge on any atom is -0.273 e. The molecule has 1 N–H and O–H groups in total. The number of nitrogens with zero attached hydrogens (tertiary/aromatic N) is 1. The number of hydrogen-bond donors (Lipinski definition) is 1. The summed E-state index contributed by atoms with van der Waals surface area (Å²) in [5.74, 6) is 0. The lowest BCUT2D eigenvalue weighted by Crippen LogP contribution is -2.14. The van der Waals surface area contributed by atoms with Gasteiger partial charge in [0.15, 0.2) is 0 Å². The first-order valence-corrected chi connectivity index (χ1v) is 9.32. The summed E-state index contributed by atoms with van der Waals surface area (Å²) in [5.41, 5.74) is -0.398. The molecule has 1 aromatic carbocycles. The van der Waals surface area contributed by atoms with Gasteiger partial charge in [0, 0.05) is 15.4 Å². The van der Waals surface area contributed by atoms with E-state index in [2.05, 4.69) is 36.6 Å². The Morgan fingerprint density at radius 2 is 1.95 bits per heavy atom. The SMILES string of the molecule is Cc1sc(Br)cc1S(=O)(=O)Nc1ccc(Br)cc1[N+](=O)[O-]. The fourth-order valence-corrected chi connectivity index (χ4v) is 5.48. The van der Waals surface area contributed by atoms with Crippen molar-refractivity contribution in [2.75, 3.05) is 4.72 Å². The van der Waals surface area contributed by atoms with E-state index in [-0.39, 0.29) is 16.3 Å². The van der Waals surface area contributed by atoms with Crippen LogP contribution in [0.25, 0.3) is 0 Å². The highest BCUT2D eigenvalue weighted by Gasteiger charge is 2.24. The molecule has 0 unspecified atom stereocenters. The first-order chi connectivity index (χ1) is 9.70. The average molecular weight is 456 g/mol. The first kappa shape index (κ1) is 16.4. The van der Waals surface area contributed by atoms with E-state index in [1.165, 1.54) is 35.6 Å². The quantitative estimate of drug-likeness (QED) is 0.549. The van der Waals surface area contributed by atoms with Crippen LogP contribution in [-0.4, -0.2) is 13.3 Å². The lowest BCUT2D eigenvalue weighted by molar-refractivity contribution is -0.384. The first-order valence-electron chi connectivity index (χ1n) is 5.43. The van der Waals surface area contributed by atoms with Crippen molar-refractivity contribution in [3.63, 3.8) is 0 Å². The molecule has 1 heterocycles. The predicted octanol–water partition coefficient (Wildman–Crippen LogP) is 4.29. The minimum atomic E-state index is -3.88. The standard InChI is InChI=1S/C11H8Br2N2O4S2/c1-6-10(5-11(13)20-6)21(18,19)14-8-3-2-7(12)4-9(8)15(16)17/h2-5,14H,1H3. The second-order valence-corrected chi connectivity index (χ2v) is 9.20. The van der Waals surface area contributed by atoms with Crippen molar-refractivity contribution in [3.05, 3.63) is 47.5 Å². The third-order valence-corrected chi connectivity index (χ3v) is 6.20. The van der Waals surface area contributed by atoms with Crippen molar-refractivity contribution in [1.29, 1.82) is 0 Å². The third-order valence-electron chi connectivity index (χ3n) is 2.53. The number of halogens is 2. The van der Waals surface area contributed by atoms with Gasteiger partial charge in [-0.15, -0.1) is 11.3 Å². The van der Waals surface area contributed by atoms with Gasteiger partial charge in [-0.05, 0) is 41.1 Å². The van der Waals surface area contributed by atoms with Crippen LogP contribution < -0.4 is 4.72 Å². The van der Waals surface area contributed by atoms with Crippen LogP contribution in [0.1, 0.15) is 4.88 Å². The molecule has 6 nitrogen and oxygen atoms in total. The van der Waals surface area contributed by atoms with Gasteiger partial charge in [0.25, 0.3) is 15.7 Å². The van der Waals surface area contributed by atoms with Crippen LogP contribution in [0.2, 0.25) is 0 Å². The monoisotopic (exact) mass is 454 g/mol. The number of thiophene rings is 1. The summed E-state index contributed by atoms with van der Waals surface area (Å²) in [5, 5.41) is 11.0. The van der Waals surface area contributed by atoms with Crippen LogP contribution >= 0.6 is 43.2 Å². The van der Waals surface area contributed by atoms with Crippen LogP contribution in [0, 0.1) is 17.0 Å². The molecule has 0 fully saturated rings. The van der Waals surface area contributed by atoms with E-state index in [1.807, 2.05) is 0 Å². The Labute approximate surface area is 141 Å². The van der Waals surface area contributed by atoms with Crippen molar-refractivity contribution in [3.8, 4) is 0 Å².